The molecule has 0 aliphatic carbocycles. The zero-order chi connectivity index (χ0) is 14.2. The minimum absolute atomic E-state index is 0.166. The predicted molar refractivity (Wildman–Crippen MR) is 81.6 cm³/mol. The Morgan fingerprint density at radius 2 is 2.16 bits per heavy atom. The van der Waals surface area contributed by atoms with E-state index in [1.54, 1.807) is 6.92 Å². The molecule has 0 bridgehead atoms. The lowest BCUT2D eigenvalue weighted by molar-refractivity contribution is -0.0750. The molecule has 2 unspecified atom stereocenters. The van der Waals surface area contributed by atoms with Gasteiger partial charge in [-0.3, -0.25) is 0 Å². The van der Waals surface area contributed by atoms with Crippen LogP contribution in [0, 0.1) is 0 Å². The van der Waals surface area contributed by atoms with E-state index in [-0.39, 0.29) is 11.7 Å². The number of rotatable bonds is 2. The summed E-state index contributed by atoms with van der Waals surface area (Å²) in [4.78, 5) is 2.31. The van der Waals surface area contributed by atoms with Gasteiger partial charge in [0.2, 0.25) is 0 Å². The summed E-state index contributed by atoms with van der Waals surface area (Å²) in [5.74, 6) is 0. The van der Waals surface area contributed by atoms with Crippen molar-refractivity contribution in [3.05, 3.63) is 28.2 Å². The van der Waals surface area contributed by atoms with Gasteiger partial charge < -0.3 is 14.7 Å². The summed E-state index contributed by atoms with van der Waals surface area (Å²) in [6.45, 7) is 9.80. The van der Waals surface area contributed by atoms with Crippen LogP contribution in [0.4, 0.5) is 5.69 Å². The largest absolute Gasteiger partial charge is 0.389 e. The fourth-order valence-electron chi connectivity index (χ4n) is 2.79. The standard InChI is InChI=1S/C15H22BrNO2/c1-10-8-17(9-15(3,4)19-10)14-6-5-12(16)7-13(14)11(2)18/h5-7,10-11,18H,8-9H2,1-4H3. The summed E-state index contributed by atoms with van der Waals surface area (Å²) >= 11 is 3.47. The number of benzene rings is 1. The summed E-state index contributed by atoms with van der Waals surface area (Å²) < 4.78 is 6.93. The van der Waals surface area contributed by atoms with Crippen LogP contribution in [0.1, 0.15) is 39.4 Å². The molecule has 1 fully saturated rings. The van der Waals surface area contributed by atoms with Gasteiger partial charge in [-0.2, -0.15) is 0 Å². The third-order valence-corrected chi connectivity index (χ3v) is 3.84. The highest BCUT2D eigenvalue weighted by atomic mass is 79.9. The van der Waals surface area contributed by atoms with Gasteiger partial charge in [0.15, 0.2) is 0 Å². The minimum Gasteiger partial charge on any atom is -0.389 e. The van der Waals surface area contributed by atoms with Crippen LogP contribution in [-0.4, -0.2) is 29.9 Å². The number of anilines is 1. The maximum absolute atomic E-state index is 9.98. The Morgan fingerprint density at radius 1 is 1.47 bits per heavy atom. The van der Waals surface area contributed by atoms with E-state index in [4.69, 9.17) is 4.74 Å². The SMILES string of the molecule is CC1CN(c2ccc(Br)cc2C(C)O)CC(C)(C)O1. The topological polar surface area (TPSA) is 32.7 Å². The first-order valence-electron chi connectivity index (χ1n) is 6.69. The third-order valence-electron chi connectivity index (χ3n) is 3.35. The second-order valence-electron chi connectivity index (χ2n) is 5.95. The van der Waals surface area contributed by atoms with E-state index in [9.17, 15) is 5.11 Å². The van der Waals surface area contributed by atoms with Crippen molar-refractivity contribution in [2.45, 2.75) is 45.5 Å². The zero-order valence-electron chi connectivity index (χ0n) is 12.0. The van der Waals surface area contributed by atoms with E-state index in [1.807, 2.05) is 12.1 Å². The third kappa shape index (κ3) is 3.50. The lowest BCUT2D eigenvalue weighted by Crippen LogP contribution is -2.52. The highest BCUT2D eigenvalue weighted by molar-refractivity contribution is 9.10. The first-order chi connectivity index (χ1) is 8.78. The number of ether oxygens (including phenoxy) is 1. The molecule has 0 spiro atoms. The molecule has 0 amide bonds. The monoisotopic (exact) mass is 327 g/mol. The molecule has 19 heavy (non-hydrogen) atoms. The van der Waals surface area contributed by atoms with E-state index in [1.165, 1.54) is 0 Å². The van der Waals surface area contributed by atoms with E-state index >= 15 is 0 Å². The predicted octanol–water partition coefficient (Wildman–Crippen LogP) is 3.51. The number of hydrogen-bond donors (Lipinski definition) is 1. The molecule has 2 rings (SSSR count). The van der Waals surface area contributed by atoms with Crippen LogP contribution in [0.2, 0.25) is 0 Å². The summed E-state index contributed by atoms with van der Waals surface area (Å²) in [6, 6.07) is 6.09. The smallest absolute Gasteiger partial charge is 0.0805 e. The molecule has 3 nitrogen and oxygen atoms in total. The zero-order valence-corrected chi connectivity index (χ0v) is 13.6. The molecular weight excluding hydrogens is 306 g/mol. The summed E-state index contributed by atoms with van der Waals surface area (Å²) in [5.41, 5.74) is 1.89. The molecule has 0 radical (unpaired) electrons. The molecule has 2 atom stereocenters. The van der Waals surface area contributed by atoms with E-state index in [2.05, 4.69) is 47.7 Å². The quantitative estimate of drug-likeness (QED) is 0.902. The van der Waals surface area contributed by atoms with Crippen molar-refractivity contribution in [3.63, 3.8) is 0 Å². The average molecular weight is 328 g/mol. The van der Waals surface area contributed by atoms with E-state index < -0.39 is 6.10 Å². The van der Waals surface area contributed by atoms with Crippen molar-refractivity contribution in [2.24, 2.45) is 0 Å². The number of nitrogens with zero attached hydrogens (tertiary/aromatic N) is 1. The molecule has 1 aliphatic heterocycles. The number of aliphatic hydroxyl groups is 1. The van der Waals surface area contributed by atoms with Crippen LogP contribution in [-0.2, 0) is 4.74 Å². The number of hydrogen-bond acceptors (Lipinski definition) is 3. The second kappa shape index (κ2) is 5.43. The van der Waals surface area contributed by atoms with Crippen LogP contribution in [0.3, 0.4) is 0 Å². The van der Waals surface area contributed by atoms with Crippen molar-refractivity contribution in [1.29, 1.82) is 0 Å². The van der Waals surface area contributed by atoms with Crippen LogP contribution in [0.15, 0.2) is 22.7 Å². The first-order valence-corrected chi connectivity index (χ1v) is 7.48. The first kappa shape index (κ1) is 14.8. The molecule has 1 aliphatic rings. The average Bonchev–Trinajstić information content (AvgIpc) is 2.25. The van der Waals surface area contributed by atoms with Crippen molar-refractivity contribution < 1.29 is 9.84 Å². The van der Waals surface area contributed by atoms with Gasteiger partial charge in [0.25, 0.3) is 0 Å². The molecule has 1 N–H and O–H groups in total. The van der Waals surface area contributed by atoms with Crippen molar-refractivity contribution in [2.75, 3.05) is 18.0 Å². The Labute approximate surface area is 123 Å². The van der Waals surface area contributed by atoms with Crippen molar-refractivity contribution >= 4 is 21.6 Å². The van der Waals surface area contributed by atoms with Crippen LogP contribution >= 0.6 is 15.9 Å². The lowest BCUT2D eigenvalue weighted by atomic mass is 10.0. The summed E-state index contributed by atoms with van der Waals surface area (Å²) in [7, 11) is 0. The van der Waals surface area contributed by atoms with Gasteiger partial charge in [-0.25, -0.2) is 0 Å². The molecular formula is C15H22BrNO2. The minimum atomic E-state index is -0.478. The highest BCUT2D eigenvalue weighted by Crippen LogP contribution is 2.33. The van der Waals surface area contributed by atoms with Gasteiger partial charge in [-0.05, 0) is 45.9 Å². The maximum atomic E-state index is 9.98. The maximum Gasteiger partial charge on any atom is 0.0805 e. The van der Waals surface area contributed by atoms with Crippen LogP contribution in [0.5, 0.6) is 0 Å². The van der Waals surface area contributed by atoms with Crippen molar-refractivity contribution in [1.82, 2.24) is 0 Å². The molecule has 1 saturated heterocycles. The molecule has 1 aromatic carbocycles. The van der Waals surface area contributed by atoms with Gasteiger partial charge in [-0.15, -0.1) is 0 Å². The van der Waals surface area contributed by atoms with E-state index in [0.29, 0.717) is 0 Å². The molecule has 0 aromatic heterocycles. The second-order valence-corrected chi connectivity index (χ2v) is 6.86. The lowest BCUT2D eigenvalue weighted by Gasteiger charge is -2.43. The molecule has 106 valence electrons. The number of halogens is 1. The number of morpholine rings is 1. The molecule has 4 heteroatoms. The Balaban J connectivity index is 2.35. The Bertz CT molecular complexity index is 459. The molecule has 1 heterocycles. The Kier molecular flexibility index (Phi) is 4.23. The van der Waals surface area contributed by atoms with Gasteiger partial charge in [0, 0.05) is 28.8 Å². The molecule has 1 aromatic rings. The van der Waals surface area contributed by atoms with Gasteiger partial charge in [-0.1, -0.05) is 15.9 Å². The highest BCUT2D eigenvalue weighted by Gasteiger charge is 2.32. The molecule has 0 saturated carbocycles. The normalized spacial score (nSPS) is 24.3. The fraction of sp³-hybridized carbons (Fsp3) is 0.600. The van der Waals surface area contributed by atoms with Gasteiger partial charge >= 0.3 is 0 Å². The Morgan fingerprint density at radius 3 is 2.74 bits per heavy atom. The van der Waals surface area contributed by atoms with Crippen LogP contribution in [0.25, 0.3) is 0 Å². The van der Waals surface area contributed by atoms with Crippen molar-refractivity contribution in [3.8, 4) is 0 Å². The fourth-order valence-corrected chi connectivity index (χ4v) is 3.16. The summed E-state index contributed by atoms with van der Waals surface area (Å²) in [6.07, 6.45) is -0.289. The van der Waals surface area contributed by atoms with Gasteiger partial charge in [0.1, 0.15) is 0 Å². The number of aliphatic hydroxyl groups excluding tert-OH is 1. The summed E-state index contributed by atoms with van der Waals surface area (Å²) in [5, 5.41) is 9.98. The van der Waals surface area contributed by atoms with Crippen LogP contribution < -0.4 is 4.90 Å². The Hall–Kier alpha value is -0.580. The van der Waals surface area contributed by atoms with Gasteiger partial charge in [0.05, 0.1) is 17.8 Å². The van der Waals surface area contributed by atoms with E-state index in [0.717, 1.165) is 28.8 Å².